The van der Waals surface area contributed by atoms with Crippen molar-refractivity contribution in [2.45, 2.75) is 13.5 Å². The van der Waals surface area contributed by atoms with Crippen LogP contribution in [-0.4, -0.2) is 11.0 Å². The van der Waals surface area contributed by atoms with Crippen molar-refractivity contribution in [3.05, 3.63) is 35.6 Å². The maximum Gasteiger partial charge on any atom is 0.128 e. The lowest BCUT2D eigenvalue weighted by molar-refractivity contribution is 0.285. The van der Waals surface area contributed by atoms with Crippen molar-refractivity contribution in [3.8, 4) is 0 Å². The molecule has 0 radical (unpaired) electrons. The third-order valence-electron chi connectivity index (χ3n) is 1.58. The van der Waals surface area contributed by atoms with Gasteiger partial charge in [-0.2, -0.15) is 0 Å². The van der Waals surface area contributed by atoms with Gasteiger partial charge in [-0.3, -0.25) is 0 Å². The molecule has 14 heavy (non-hydrogen) atoms. The predicted molar refractivity (Wildman–Crippen MR) is 53.4 cm³/mol. The summed E-state index contributed by atoms with van der Waals surface area (Å²) < 4.78 is 13.1. The molecule has 5 heteroatoms. The topological polar surface area (TPSA) is 67.6 Å². The van der Waals surface area contributed by atoms with Gasteiger partial charge in [0.15, 0.2) is 0 Å². The van der Waals surface area contributed by atoms with Gasteiger partial charge < -0.3 is 5.73 Å². The fourth-order valence-electron chi connectivity index (χ4n) is 1.04. The molecule has 1 aromatic rings. The fourth-order valence-corrected chi connectivity index (χ4v) is 1.04. The van der Waals surface area contributed by atoms with Crippen LogP contribution < -0.4 is 11.6 Å². The van der Waals surface area contributed by atoms with E-state index in [2.05, 4.69) is 5.10 Å². The summed E-state index contributed by atoms with van der Waals surface area (Å²) in [5.41, 5.74) is 5.81. The molecular formula is C9H13FN4. The van der Waals surface area contributed by atoms with Crippen LogP contribution in [0.4, 0.5) is 4.39 Å². The summed E-state index contributed by atoms with van der Waals surface area (Å²) in [6.07, 6.45) is 0. The Morgan fingerprint density at radius 2 is 2.14 bits per heavy atom. The third kappa shape index (κ3) is 3.02. The van der Waals surface area contributed by atoms with E-state index in [1.807, 2.05) is 0 Å². The van der Waals surface area contributed by atoms with Gasteiger partial charge in [-0.25, -0.2) is 15.4 Å². The third-order valence-corrected chi connectivity index (χ3v) is 1.58. The van der Waals surface area contributed by atoms with Crippen LogP contribution in [-0.2, 0) is 6.54 Å². The summed E-state index contributed by atoms with van der Waals surface area (Å²) in [6.45, 7) is 1.81. The maximum atomic E-state index is 13.1. The number of benzene rings is 1. The molecule has 0 heterocycles. The van der Waals surface area contributed by atoms with Gasteiger partial charge in [-0.05, 0) is 13.0 Å². The van der Waals surface area contributed by atoms with Crippen LogP contribution in [0.3, 0.4) is 0 Å². The highest BCUT2D eigenvalue weighted by molar-refractivity contribution is 5.77. The highest BCUT2D eigenvalue weighted by Gasteiger charge is 2.02. The van der Waals surface area contributed by atoms with Gasteiger partial charge in [-0.15, -0.1) is 5.10 Å². The molecule has 76 valence electrons. The zero-order valence-electron chi connectivity index (χ0n) is 7.94. The molecule has 0 aliphatic carbocycles. The molecule has 0 spiro atoms. The van der Waals surface area contributed by atoms with Crippen molar-refractivity contribution in [3.63, 3.8) is 0 Å². The van der Waals surface area contributed by atoms with Gasteiger partial charge in [0.1, 0.15) is 11.7 Å². The maximum absolute atomic E-state index is 13.1. The van der Waals surface area contributed by atoms with E-state index in [1.165, 1.54) is 6.07 Å². The molecule has 0 fully saturated rings. The minimum Gasteiger partial charge on any atom is -0.386 e. The van der Waals surface area contributed by atoms with Gasteiger partial charge in [-0.1, -0.05) is 18.2 Å². The first-order valence-electron chi connectivity index (χ1n) is 4.16. The van der Waals surface area contributed by atoms with E-state index >= 15 is 0 Å². The van der Waals surface area contributed by atoms with Crippen LogP contribution >= 0.6 is 0 Å². The molecule has 0 aliphatic heterocycles. The molecule has 4 N–H and O–H groups in total. The van der Waals surface area contributed by atoms with E-state index < -0.39 is 0 Å². The van der Waals surface area contributed by atoms with E-state index in [1.54, 1.807) is 25.1 Å². The van der Waals surface area contributed by atoms with Crippen molar-refractivity contribution < 1.29 is 4.39 Å². The molecule has 0 amide bonds. The number of amidine groups is 1. The number of nitrogens with zero attached hydrogens (tertiary/aromatic N) is 2. The zero-order chi connectivity index (χ0) is 10.6. The zero-order valence-corrected chi connectivity index (χ0v) is 7.94. The molecule has 1 rings (SSSR count). The van der Waals surface area contributed by atoms with Crippen LogP contribution in [0.2, 0.25) is 0 Å². The highest BCUT2D eigenvalue weighted by atomic mass is 19.1. The lowest BCUT2D eigenvalue weighted by Gasteiger charge is -2.12. The van der Waals surface area contributed by atoms with E-state index in [4.69, 9.17) is 11.6 Å². The second-order valence-corrected chi connectivity index (χ2v) is 2.93. The van der Waals surface area contributed by atoms with Crippen molar-refractivity contribution >= 4 is 5.84 Å². The molecule has 0 saturated heterocycles. The Hall–Kier alpha value is -1.62. The molecule has 4 nitrogen and oxygen atoms in total. The minimum atomic E-state index is -0.298. The van der Waals surface area contributed by atoms with E-state index in [9.17, 15) is 4.39 Å². The van der Waals surface area contributed by atoms with Crippen LogP contribution in [0.15, 0.2) is 29.4 Å². The Balaban J connectivity index is 2.70. The van der Waals surface area contributed by atoms with E-state index in [0.717, 1.165) is 5.12 Å². The summed E-state index contributed by atoms with van der Waals surface area (Å²) in [5, 5.41) is 4.86. The monoisotopic (exact) mass is 196 g/mol. The minimum absolute atomic E-state index is 0.196. The Morgan fingerprint density at radius 1 is 1.50 bits per heavy atom. The smallest absolute Gasteiger partial charge is 0.128 e. The van der Waals surface area contributed by atoms with Gasteiger partial charge >= 0.3 is 0 Å². The summed E-state index contributed by atoms with van der Waals surface area (Å²) in [7, 11) is 0. The molecule has 0 saturated carbocycles. The second-order valence-electron chi connectivity index (χ2n) is 2.93. The molecule has 0 aromatic heterocycles. The first-order chi connectivity index (χ1) is 6.59. The molecule has 0 aliphatic rings. The second kappa shape index (κ2) is 4.57. The van der Waals surface area contributed by atoms with Crippen LogP contribution in [0, 0.1) is 5.82 Å². The Labute approximate surface area is 82.0 Å². The quantitative estimate of drug-likeness (QED) is 0.325. The lowest BCUT2D eigenvalue weighted by atomic mass is 10.2. The molecular weight excluding hydrogens is 183 g/mol. The normalized spacial score (nSPS) is 11.5. The van der Waals surface area contributed by atoms with Crippen molar-refractivity contribution in [2.24, 2.45) is 16.7 Å². The number of halogens is 1. The number of rotatable bonds is 3. The first-order valence-corrected chi connectivity index (χ1v) is 4.16. The van der Waals surface area contributed by atoms with Crippen LogP contribution in [0.1, 0.15) is 12.5 Å². The Morgan fingerprint density at radius 3 is 2.71 bits per heavy atom. The lowest BCUT2D eigenvalue weighted by Crippen LogP contribution is -2.28. The van der Waals surface area contributed by atoms with Gasteiger partial charge in [0.05, 0.1) is 6.54 Å². The van der Waals surface area contributed by atoms with Crippen LogP contribution in [0.25, 0.3) is 0 Å². The van der Waals surface area contributed by atoms with Crippen LogP contribution in [0.5, 0.6) is 0 Å². The standard InChI is InChI=1S/C9H13FN4/c1-7(11)13-14(12)6-8-4-2-3-5-9(8)10/h2-5H,6,12H2,1H3,(H2,11,13). The van der Waals surface area contributed by atoms with E-state index in [0.29, 0.717) is 11.4 Å². The van der Waals surface area contributed by atoms with Gasteiger partial charge in [0.2, 0.25) is 0 Å². The highest BCUT2D eigenvalue weighted by Crippen LogP contribution is 2.07. The van der Waals surface area contributed by atoms with Crippen molar-refractivity contribution in [1.29, 1.82) is 0 Å². The number of nitrogens with two attached hydrogens (primary N) is 2. The average molecular weight is 196 g/mol. The van der Waals surface area contributed by atoms with Gasteiger partial charge in [0.25, 0.3) is 0 Å². The fraction of sp³-hybridized carbons (Fsp3) is 0.222. The SMILES string of the molecule is C/C(N)=N/N(N)Cc1ccccc1F. The summed E-state index contributed by atoms with van der Waals surface area (Å²) in [6, 6.07) is 6.39. The van der Waals surface area contributed by atoms with Crippen molar-refractivity contribution in [2.75, 3.05) is 0 Å². The summed E-state index contributed by atoms with van der Waals surface area (Å²) in [5.74, 6) is 5.51. The molecule has 1 aromatic carbocycles. The van der Waals surface area contributed by atoms with E-state index in [-0.39, 0.29) is 12.4 Å². The number of hydrazine groups is 1. The predicted octanol–water partition coefficient (Wildman–Crippen LogP) is 0.794. The molecule has 0 bridgehead atoms. The van der Waals surface area contributed by atoms with Gasteiger partial charge in [0, 0.05) is 5.56 Å². The summed E-state index contributed by atoms with van der Waals surface area (Å²) >= 11 is 0. The molecule has 0 atom stereocenters. The Kier molecular flexibility index (Phi) is 3.41. The number of hydrazone groups is 1. The number of hydrogen-bond acceptors (Lipinski definition) is 3. The summed E-state index contributed by atoms with van der Waals surface area (Å²) in [4.78, 5) is 0. The largest absolute Gasteiger partial charge is 0.386 e. The first kappa shape index (κ1) is 10.5. The number of hydrogen-bond donors (Lipinski definition) is 2. The van der Waals surface area contributed by atoms with Crippen molar-refractivity contribution in [1.82, 2.24) is 5.12 Å². The molecule has 0 unspecified atom stereocenters. The average Bonchev–Trinajstić information content (AvgIpc) is 2.07. The Bertz CT molecular complexity index is 333.